The first-order valence-electron chi connectivity index (χ1n) is 7.67. The second-order valence-electron chi connectivity index (χ2n) is 6.10. The second kappa shape index (κ2) is 6.89. The van der Waals surface area contributed by atoms with Crippen molar-refractivity contribution in [2.24, 2.45) is 11.7 Å². The van der Waals surface area contributed by atoms with Gasteiger partial charge < -0.3 is 10.6 Å². The van der Waals surface area contributed by atoms with Crippen molar-refractivity contribution in [2.45, 2.75) is 58.2 Å². The third-order valence-electron chi connectivity index (χ3n) is 4.13. The summed E-state index contributed by atoms with van der Waals surface area (Å²) >= 11 is 0. The van der Waals surface area contributed by atoms with Crippen LogP contribution in [0.3, 0.4) is 0 Å². The topological polar surface area (TPSA) is 46.3 Å². The van der Waals surface area contributed by atoms with Crippen LogP contribution >= 0.6 is 0 Å². The maximum Gasteiger partial charge on any atom is 0.223 e. The van der Waals surface area contributed by atoms with Crippen molar-refractivity contribution in [3.05, 3.63) is 35.9 Å². The van der Waals surface area contributed by atoms with Gasteiger partial charge in [0, 0.05) is 25.0 Å². The van der Waals surface area contributed by atoms with Crippen molar-refractivity contribution < 1.29 is 4.79 Å². The van der Waals surface area contributed by atoms with Crippen LogP contribution in [-0.2, 0) is 11.3 Å². The van der Waals surface area contributed by atoms with Gasteiger partial charge in [0.2, 0.25) is 5.91 Å². The standard InChI is InChI=1S/C17H26N2O/c1-13(18)8-11-17(20)19(14(2)16-9-10-16)12-15-6-4-3-5-7-15/h3-7,13-14,16H,8-12,18H2,1-2H3. The number of hydrogen-bond acceptors (Lipinski definition) is 2. The number of carbonyl (C=O) groups excluding carboxylic acids is 1. The van der Waals surface area contributed by atoms with Gasteiger partial charge in [-0.25, -0.2) is 0 Å². The van der Waals surface area contributed by atoms with Crippen LogP contribution in [0.5, 0.6) is 0 Å². The molecule has 3 heteroatoms. The quantitative estimate of drug-likeness (QED) is 0.831. The molecule has 20 heavy (non-hydrogen) atoms. The Kier molecular flexibility index (Phi) is 5.18. The molecule has 1 aliphatic carbocycles. The van der Waals surface area contributed by atoms with Crippen LogP contribution in [0, 0.1) is 5.92 Å². The van der Waals surface area contributed by atoms with Gasteiger partial charge in [-0.2, -0.15) is 0 Å². The van der Waals surface area contributed by atoms with Gasteiger partial charge >= 0.3 is 0 Å². The van der Waals surface area contributed by atoms with Crippen molar-refractivity contribution in [3.8, 4) is 0 Å². The van der Waals surface area contributed by atoms with E-state index in [0.717, 1.165) is 13.0 Å². The van der Waals surface area contributed by atoms with E-state index in [4.69, 9.17) is 5.73 Å². The number of carbonyl (C=O) groups is 1. The Labute approximate surface area is 122 Å². The van der Waals surface area contributed by atoms with Gasteiger partial charge in [0.15, 0.2) is 0 Å². The molecule has 0 saturated heterocycles. The molecule has 1 amide bonds. The molecule has 2 rings (SSSR count). The fourth-order valence-electron chi connectivity index (χ4n) is 2.57. The first kappa shape index (κ1) is 15.0. The molecule has 2 unspecified atom stereocenters. The molecule has 1 saturated carbocycles. The lowest BCUT2D eigenvalue weighted by Gasteiger charge is -2.30. The van der Waals surface area contributed by atoms with E-state index in [1.807, 2.05) is 25.1 Å². The van der Waals surface area contributed by atoms with Crippen LogP contribution < -0.4 is 5.73 Å². The maximum atomic E-state index is 12.5. The van der Waals surface area contributed by atoms with E-state index in [9.17, 15) is 4.79 Å². The smallest absolute Gasteiger partial charge is 0.223 e. The molecule has 0 heterocycles. The van der Waals surface area contributed by atoms with Crippen LogP contribution in [0.2, 0.25) is 0 Å². The summed E-state index contributed by atoms with van der Waals surface area (Å²) in [6, 6.07) is 10.7. The number of amides is 1. The molecule has 1 aliphatic rings. The summed E-state index contributed by atoms with van der Waals surface area (Å²) in [6.45, 7) is 4.86. The van der Waals surface area contributed by atoms with Crippen LogP contribution in [0.25, 0.3) is 0 Å². The Hall–Kier alpha value is -1.35. The third kappa shape index (κ3) is 4.34. The first-order chi connectivity index (χ1) is 9.58. The highest BCUT2D eigenvalue weighted by molar-refractivity contribution is 5.76. The Morgan fingerprint density at radius 3 is 2.50 bits per heavy atom. The lowest BCUT2D eigenvalue weighted by molar-refractivity contribution is -0.134. The van der Waals surface area contributed by atoms with E-state index in [-0.39, 0.29) is 11.9 Å². The molecule has 1 aromatic carbocycles. The number of nitrogens with zero attached hydrogens (tertiary/aromatic N) is 1. The predicted octanol–water partition coefficient (Wildman–Crippen LogP) is 2.94. The van der Waals surface area contributed by atoms with Crippen LogP contribution in [0.15, 0.2) is 30.3 Å². The molecule has 0 spiro atoms. The summed E-state index contributed by atoms with van der Waals surface area (Å²) in [6.07, 6.45) is 3.84. The van der Waals surface area contributed by atoms with Gasteiger partial charge in [-0.15, -0.1) is 0 Å². The average molecular weight is 274 g/mol. The van der Waals surface area contributed by atoms with E-state index in [2.05, 4.69) is 24.0 Å². The molecule has 0 radical (unpaired) electrons. The Bertz CT molecular complexity index is 426. The average Bonchev–Trinajstić information content (AvgIpc) is 3.27. The SMILES string of the molecule is CC(N)CCC(=O)N(Cc1ccccc1)C(C)C1CC1. The molecule has 0 aliphatic heterocycles. The van der Waals surface area contributed by atoms with Gasteiger partial charge in [0.1, 0.15) is 0 Å². The Morgan fingerprint density at radius 2 is 1.95 bits per heavy atom. The van der Waals surface area contributed by atoms with Gasteiger partial charge in [-0.1, -0.05) is 30.3 Å². The summed E-state index contributed by atoms with van der Waals surface area (Å²) in [5.74, 6) is 0.934. The number of rotatable bonds is 7. The second-order valence-corrected chi connectivity index (χ2v) is 6.10. The van der Waals surface area contributed by atoms with E-state index >= 15 is 0 Å². The summed E-state index contributed by atoms with van der Waals surface area (Å²) in [5, 5.41) is 0. The minimum absolute atomic E-state index is 0.0914. The maximum absolute atomic E-state index is 12.5. The Morgan fingerprint density at radius 1 is 1.30 bits per heavy atom. The van der Waals surface area contributed by atoms with Crippen LogP contribution in [0.1, 0.15) is 45.1 Å². The third-order valence-corrected chi connectivity index (χ3v) is 4.13. The van der Waals surface area contributed by atoms with Gasteiger partial charge in [-0.3, -0.25) is 4.79 Å². The molecule has 0 aromatic heterocycles. The van der Waals surface area contributed by atoms with Crippen molar-refractivity contribution in [1.82, 2.24) is 4.90 Å². The molecule has 2 atom stereocenters. The summed E-state index contributed by atoms with van der Waals surface area (Å²) in [7, 11) is 0. The zero-order valence-electron chi connectivity index (χ0n) is 12.6. The highest BCUT2D eigenvalue weighted by Gasteiger charge is 2.34. The predicted molar refractivity (Wildman–Crippen MR) is 82.1 cm³/mol. The van der Waals surface area contributed by atoms with Gasteiger partial charge in [0.05, 0.1) is 0 Å². The fraction of sp³-hybridized carbons (Fsp3) is 0.588. The number of nitrogens with two attached hydrogens (primary N) is 1. The van der Waals surface area contributed by atoms with Crippen molar-refractivity contribution in [3.63, 3.8) is 0 Å². The highest BCUT2D eigenvalue weighted by Crippen LogP contribution is 2.36. The minimum atomic E-state index is 0.0914. The van der Waals surface area contributed by atoms with Crippen molar-refractivity contribution in [1.29, 1.82) is 0 Å². The fourth-order valence-corrected chi connectivity index (χ4v) is 2.57. The van der Waals surface area contributed by atoms with Crippen LogP contribution in [0.4, 0.5) is 0 Å². The van der Waals surface area contributed by atoms with Gasteiger partial charge in [-0.05, 0) is 44.6 Å². The molecule has 3 nitrogen and oxygen atoms in total. The molecular weight excluding hydrogens is 248 g/mol. The van der Waals surface area contributed by atoms with E-state index < -0.39 is 0 Å². The molecule has 1 fully saturated rings. The van der Waals surface area contributed by atoms with Crippen molar-refractivity contribution in [2.75, 3.05) is 0 Å². The molecule has 110 valence electrons. The van der Waals surface area contributed by atoms with Crippen molar-refractivity contribution >= 4 is 5.91 Å². The summed E-state index contributed by atoms with van der Waals surface area (Å²) in [5.41, 5.74) is 6.97. The van der Waals surface area contributed by atoms with E-state index in [1.165, 1.54) is 18.4 Å². The van der Waals surface area contributed by atoms with Gasteiger partial charge in [0.25, 0.3) is 0 Å². The molecule has 1 aromatic rings. The number of benzene rings is 1. The first-order valence-corrected chi connectivity index (χ1v) is 7.67. The molecule has 2 N–H and O–H groups in total. The Balaban J connectivity index is 2.02. The largest absolute Gasteiger partial charge is 0.335 e. The zero-order valence-corrected chi connectivity index (χ0v) is 12.6. The highest BCUT2D eigenvalue weighted by atomic mass is 16.2. The van der Waals surface area contributed by atoms with E-state index in [1.54, 1.807) is 0 Å². The lowest BCUT2D eigenvalue weighted by Crippen LogP contribution is -2.39. The molecular formula is C17H26N2O. The lowest BCUT2D eigenvalue weighted by atomic mass is 10.1. The monoisotopic (exact) mass is 274 g/mol. The number of hydrogen-bond donors (Lipinski definition) is 1. The van der Waals surface area contributed by atoms with Crippen LogP contribution in [-0.4, -0.2) is 22.9 Å². The minimum Gasteiger partial charge on any atom is -0.335 e. The molecule has 0 bridgehead atoms. The normalized spacial score (nSPS) is 17.6. The summed E-state index contributed by atoms with van der Waals surface area (Å²) < 4.78 is 0. The van der Waals surface area contributed by atoms with E-state index in [0.29, 0.717) is 18.4 Å². The summed E-state index contributed by atoms with van der Waals surface area (Å²) in [4.78, 5) is 14.5. The zero-order chi connectivity index (χ0) is 14.5.